The van der Waals surface area contributed by atoms with Gasteiger partial charge in [0.2, 0.25) is 5.91 Å². The summed E-state index contributed by atoms with van der Waals surface area (Å²) in [6, 6.07) is 0. The van der Waals surface area contributed by atoms with E-state index < -0.39 is 5.97 Å². The fraction of sp³-hybridized carbons (Fsp3) is 0.560. The summed E-state index contributed by atoms with van der Waals surface area (Å²) in [6.45, 7) is 17.8. The van der Waals surface area contributed by atoms with Crippen molar-refractivity contribution in [1.82, 2.24) is 10.6 Å². The molecule has 0 heterocycles. The van der Waals surface area contributed by atoms with Crippen LogP contribution < -0.4 is 10.6 Å². The van der Waals surface area contributed by atoms with Crippen LogP contribution in [-0.2, 0) is 23.9 Å². The lowest BCUT2D eigenvalue weighted by Crippen LogP contribution is -2.38. The fourth-order valence-electron chi connectivity index (χ4n) is 2.54. The minimum absolute atomic E-state index is 0.0394. The standard InChI is InChI=1S/C25H40N2O6/c1-7-9-11-20(10-8-2)23(31)27-16-24(3,4)17-33-19-25(5,6)18-32-15-14-26-21(28)12-13-22(29)30/h7-11H,1-2,12-19H2,3-6H3,(H,26,28)(H,27,31)(H,29,30)/b11-9-,20-10+. The molecule has 186 valence electrons. The first-order valence-corrected chi connectivity index (χ1v) is 11.0. The van der Waals surface area contributed by atoms with Crippen molar-refractivity contribution >= 4 is 17.8 Å². The van der Waals surface area contributed by atoms with Crippen molar-refractivity contribution in [2.45, 2.75) is 40.5 Å². The van der Waals surface area contributed by atoms with Gasteiger partial charge < -0.3 is 25.2 Å². The van der Waals surface area contributed by atoms with Gasteiger partial charge in [-0.15, -0.1) is 0 Å². The Balaban J connectivity index is 4.25. The predicted molar refractivity (Wildman–Crippen MR) is 130 cm³/mol. The highest BCUT2D eigenvalue weighted by atomic mass is 16.5. The molecular weight excluding hydrogens is 424 g/mol. The average Bonchev–Trinajstić information content (AvgIpc) is 2.73. The van der Waals surface area contributed by atoms with Crippen LogP contribution in [0.4, 0.5) is 0 Å². The molecule has 0 aliphatic heterocycles. The molecule has 0 saturated heterocycles. The molecule has 0 aliphatic rings. The van der Waals surface area contributed by atoms with Gasteiger partial charge in [0.1, 0.15) is 0 Å². The van der Waals surface area contributed by atoms with Gasteiger partial charge in [-0.3, -0.25) is 14.4 Å². The molecule has 0 aromatic carbocycles. The number of allylic oxidation sites excluding steroid dienone is 4. The lowest BCUT2D eigenvalue weighted by atomic mass is 9.93. The molecule has 0 aromatic heterocycles. The van der Waals surface area contributed by atoms with Crippen molar-refractivity contribution < 1.29 is 29.0 Å². The van der Waals surface area contributed by atoms with Crippen LogP contribution >= 0.6 is 0 Å². The molecule has 33 heavy (non-hydrogen) atoms. The van der Waals surface area contributed by atoms with E-state index in [4.69, 9.17) is 14.6 Å². The van der Waals surface area contributed by atoms with Gasteiger partial charge in [-0.25, -0.2) is 0 Å². The third-order valence-corrected chi connectivity index (χ3v) is 4.31. The van der Waals surface area contributed by atoms with Crippen LogP contribution in [0.5, 0.6) is 0 Å². The zero-order chi connectivity index (χ0) is 25.3. The molecule has 0 radical (unpaired) electrons. The molecule has 0 unspecified atom stereocenters. The number of hydrogen-bond donors (Lipinski definition) is 3. The molecule has 8 nitrogen and oxygen atoms in total. The van der Waals surface area contributed by atoms with Gasteiger partial charge in [-0.2, -0.15) is 0 Å². The molecule has 0 bridgehead atoms. The number of ether oxygens (including phenoxy) is 2. The molecule has 0 fully saturated rings. The number of aliphatic carboxylic acids is 1. The highest BCUT2D eigenvalue weighted by Gasteiger charge is 2.23. The molecule has 0 rings (SSSR count). The summed E-state index contributed by atoms with van der Waals surface area (Å²) in [5.74, 6) is -1.49. The molecule has 3 N–H and O–H groups in total. The summed E-state index contributed by atoms with van der Waals surface area (Å²) in [5, 5.41) is 14.1. The normalized spacial score (nSPS) is 12.4. The SMILES string of the molecule is C=C/C=C\C(=C/C=C)C(=O)NCC(C)(C)COCC(C)(C)COCCNC(=O)CCC(=O)O. The zero-order valence-electron chi connectivity index (χ0n) is 20.4. The second-order valence-corrected chi connectivity index (χ2v) is 9.25. The molecule has 0 aliphatic carbocycles. The highest BCUT2D eigenvalue weighted by Crippen LogP contribution is 2.20. The summed E-state index contributed by atoms with van der Waals surface area (Å²) >= 11 is 0. The fourth-order valence-corrected chi connectivity index (χ4v) is 2.54. The second-order valence-electron chi connectivity index (χ2n) is 9.25. The van der Waals surface area contributed by atoms with Crippen LogP contribution in [0, 0.1) is 10.8 Å². The van der Waals surface area contributed by atoms with Gasteiger partial charge in [-0.1, -0.05) is 65.2 Å². The van der Waals surface area contributed by atoms with Gasteiger partial charge in [-0.05, 0) is 6.08 Å². The van der Waals surface area contributed by atoms with E-state index in [9.17, 15) is 14.4 Å². The summed E-state index contributed by atoms with van der Waals surface area (Å²) < 4.78 is 11.5. The first-order valence-electron chi connectivity index (χ1n) is 11.0. The lowest BCUT2D eigenvalue weighted by molar-refractivity contribution is -0.138. The molecule has 0 atom stereocenters. The molecule has 0 aromatic rings. The van der Waals surface area contributed by atoms with Crippen LogP contribution in [0.3, 0.4) is 0 Å². The van der Waals surface area contributed by atoms with Crippen molar-refractivity contribution in [2.24, 2.45) is 10.8 Å². The number of nitrogens with one attached hydrogen (secondary N) is 2. The van der Waals surface area contributed by atoms with E-state index in [2.05, 4.69) is 23.8 Å². The van der Waals surface area contributed by atoms with Gasteiger partial charge in [0.05, 0.1) is 32.8 Å². The average molecular weight is 465 g/mol. The molecule has 8 heteroatoms. The number of carbonyl (C=O) groups excluding carboxylic acids is 2. The Morgan fingerprint density at radius 2 is 1.55 bits per heavy atom. The Labute approximate surface area is 197 Å². The number of carbonyl (C=O) groups is 3. The molecule has 0 saturated carbocycles. The third kappa shape index (κ3) is 16.6. The Kier molecular flexibility index (Phi) is 14.7. The van der Waals surface area contributed by atoms with Crippen LogP contribution in [0.1, 0.15) is 40.5 Å². The van der Waals surface area contributed by atoms with E-state index in [1.54, 1.807) is 30.4 Å². The van der Waals surface area contributed by atoms with Crippen LogP contribution in [0.15, 0.2) is 49.1 Å². The summed E-state index contributed by atoms with van der Waals surface area (Å²) in [6.07, 6.45) is 7.96. The van der Waals surface area contributed by atoms with Crippen LogP contribution in [0.2, 0.25) is 0 Å². The van der Waals surface area contributed by atoms with Gasteiger partial charge in [0.15, 0.2) is 0 Å². The summed E-state index contributed by atoms with van der Waals surface area (Å²) in [4.78, 5) is 34.3. The predicted octanol–water partition coefficient (Wildman–Crippen LogP) is 3.02. The number of carboxylic acid groups (broad SMARTS) is 1. The van der Waals surface area contributed by atoms with Crippen LogP contribution in [-0.4, -0.2) is 62.4 Å². The number of carboxylic acids is 1. The van der Waals surface area contributed by atoms with Crippen LogP contribution in [0.25, 0.3) is 0 Å². The maximum absolute atomic E-state index is 12.4. The Bertz CT molecular complexity index is 722. The van der Waals surface area contributed by atoms with Gasteiger partial charge >= 0.3 is 5.97 Å². The minimum Gasteiger partial charge on any atom is -0.481 e. The van der Waals surface area contributed by atoms with Crippen molar-refractivity contribution in [2.75, 3.05) is 39.5 Å². The van der Waals surface area contributed by atoms with E-state index in [0.717, 1.165) is 0 Å². The quantitative estimate of drug-likeness (QED) is 0.163. The summed E-state index contributed by atoms with van der Waals surface area (Å²) in [7, 11) is 0. The maximum Gasteiger partial charge on any atom is 0.303 e. The van der Waals surface area contributed by atoms with Crippen molar-refractivity contribution in [3.8, 4) is 0 Å². The molecule has 2 amide bonds. The molecular formula is C25H40N2O6. The first kappa shape index (κ1) is 30.3. The minimum atomic E-state index is -0.997. The largest absolute Gasteiger partial charge is 0.481 e. The monoisotopic (exact) mass is 464 g/mol. The maximum atomic E-state index is 12.4. The van der Waals surface area contributed by atoms with E-state index in [1.165, 1.54) is 0 Å². The Morgan fingerprint density at radius 1 is 0.909 bits per heavy atom. The first-order chi connectivity index (χ1) is 15.4. The number of rotatable bonds is 18. The Hall–Kier alpha value is -2.71. The number of hydrogen-bond acceptors (Lipinski definition) is 5. The van der Waals surface area contributed by atoms with E-state index in [-0.39, 0.29) is 35.5 Å². The van der Waals surface area contributed by atoms with Crippen molar-refractivity contribution in [1.29, 1.82) is 0 Å². The topological polar surface area (TPSA) is 114 Å². The number of amides is 2. The van der Waals surface area contributed by atoms with Gasteiger partial charge in [0, 0.05) is 35.9 Å². The van der Waals surface area contributed by atoms with Gasteiger partial charge in [0.25, 0.3) is 5.91 Å². The third-order valence-electron chi connectivity index (χ3n) is 4.31. The zero-order valence-corrected chi connectivity index (χ0v) is 20.4. The highest BCUT2D eigenvalue weighted by molar-refractivity contribution is 5.96. The second kappa shape index (κ2) is 16.0. The smallest absolute Gasteiger partial charge is 0.303 e. The van der Waals surface area contributed by atoms with Crippen molar-refractivity contribution in [3.63, 3.8) is 0 Å². The Morgan fingerprint density at radius 3 is 2.15 bits per heavy atom. The van der Waals surface area contributed by atoms with Crippen molar-refractivity contribution in [3.05, 3.63) is 49.1 Å². The lowest BCUT2D eigenvalue weighted by Gasteiger charge is -2.29. The summed E-state index contributed by atoms with van der Waals surface area (Å²) in [5.41, 5.74) is -0.00558. The van der Waals surface area contributed by atoms with E-state index >= 15 is 0 Å². The molecule has 0 spiro atoms. The van der Waals surface area contributed by atoms with E-state index in [0.29, 0.717) is 45.1 Å². The van der Waals surface area contributed by atoms with E-state index in [1.807, 2.05) is 27.7 Å².